The van der Waals surface area contributed by atoms with Crippen LogP contribution in [0.4, 0.5) is 0 Å². The molecule has 9 rings (SSSR count). The average molecular weight is 500 g/mol. The van der Waals surface area contributed by atoms with Crippen LogP contribution in [0.1, 0.15) is 0 Å². The molecule has 0 aliphatic carbocycles. The number of rotatable bonds is 1. The predicted octanol–water partition coefficient (Wildman–Crippen LogP) is 10.6. The Morgan fingerprint density at radius 2 is 0.947 bits per heavy atom. The summed E-state index contributed by atoms with van der Waals surface area (Å²) in [4.78, 5) is 0. The summed E-state index contributed by atoms with van der Waals surface area (Å²) in [5.74, 6) is 0. The Hall–Kier alpha value is -4.66. The topological polar surface area (TPSA) is 4.93 Å². The van der Waals surface area contributed by atoms with E-state index in [0.29, 0.717) is 0 Å². The first-order valence-corrected chi connectivity index (χ1v) is 13.9. The van der Waals surface area contributed by atoms with E-state index in [9.17, 15) is 0 Å². The second-order valence-electron chi connectivity index (χ2n) is 10.1. The molecular formula is C36H21NS. The van der Waals surface area contributed by atoms with E-state index in [1.807, 2.05) is 11.3 Å². The van der Waals surface area contributed by atoms with Crippen LogP contribution in [0.2, 0.25) is 0 Å². The molecule has 2 aromatic heterocycles. The normalized spacial score (nSPS) is 12.2. The van der Waals surface area contributed by atoms with Crippen LogP contribution in [-0.4, -0.2) is 4.57 Å². The number of para-hydroxylation sites is 1. The molecule has 9 aromatic rings. The van der Waals surface area contributed by atoms with Gasteiger partial charge in [0.25, 0.3) is 0 Å². The summed E-state index contributed by atoms with van der Waals surface area (Å²) >= 11 is 1.91. The maximum absolute atomic E-state index is 2.46. The van der Waals surface area contributed by atoms with E-state index in [2.05, 4.69) is 132 Å². The van der Waals surface area contributed by atoms with Gasteiger partial charge in [-0.2, -0.15) is 0 Å². The second kappa shape index (κ2) is 7.44. The molecule has 0 fully saturated rings. The van der Waals surface area contributed by atoms with Crippen LogP contribution in [-0.2, 0) is 0 Å². The van der Waals surface area contributed by atoms with Crippen molar-refractivity contribution in [2.45, 2.75) is 0 Å². The van der Waals surface area contributed by atoms with E-state index in [1.165, 1.54) is 80.0 Å². The van der Waals surface area contributed by atoms with Gasteiger partial charge in [0, 0.05) is 36.6 Å². The lowest BCUT2D eigenvalue weighted by Crippen LogP contribution is -1.94. The molecule has 0 amide bonds. The largest absolute Gasteiger partial charge is 0.309 e. The van der Waals surface area contributed by atoms with Crippen molar-refractivity contribution in [2.24, 2.45) is 0 Å². The SMILES string of the molecule is c1ccc2c(c1)sc1c2ccc2c1c1ccccc1n2-c1ccc2c3ccccc3c3ccccc3c2c1. The predicted molar refractivity (Wildman–Crippen MR) is 166 cm³/mol. The Kier molecular flexibility index (Phi) is 3.99. The van der Waals surface area contributed by atoms with Crippen LogP contribution in [0.25, 0.3) is 80.0 Å². The number of thiophene rings is 1. The van der Waals surface area contributed by atoms with Gasteiger partial charge < -0.3 is 4.57 Å². The van der Waals surface area contributed by atoms with Crippen LogP contribution in [0.15, 0.2) is 127 Å². The van der Waals surface area contributed by atoms with Gasteiger partial charge in [-0.3, -0.25) is 0 Å². The number of fused-ring (bicyclic) bond motifs is 13. The number of hydrogen-bond acceptors (Lipinski definition) is 1. The Morgan fingerprint density at radius 1 is 0.395 bits per heavy atom. The fourth-order valence-corrected chi connectivity index (χ4v) is 7.81. The molecule has 0 radical (unpaired) electrons. The van der Waals surface area contributed by atoms with Gasteiger partial charge >= 0.3 is 0 Å². The number of hydrogen-bond donors (Lipinski definition) is 0. The van der Waals surface area contributed by atoms with Crippen molar-refractivity contribution in [3.63, 3.8) is 0 Å². The van der Waals surface area contributed by atoms with Gasteiger partial charge in [-0.05, 0) is 62.6 Å². The smallest absolute Gasteiger partial charge is 0.0555 e. The van der Waals surface area contributed by atoms with E-state index in [4.69, 9.17) is 0 Å². The van der Waals surface area contributed by atoms with Gasteiger partial charge in [-0.1, -0.05) is 97.1 Å². The van der Waals surface area contributed by atoms with E-state index in [0.717, 1.165) is 0 Å². The highest BCUT2D eigenvalue weighted by molar-refractivity contribution is 7.26. The van der Waals surface area contributed by atoms with Crippen molar-refractivity contribution in [1.29, 1.82) is 0 Å². The van der Waals surface area contributed by atoms with Crippen LogP contribution in [0.3, 0.4) is 0 Å². The molecule has 176 valence electrons. The highest BCUT2D eigenvalue weighted by Crippen LogP contribution is 2.44. The van der Waals surface area contributed by atoms with Crippen molar-refractivity contribution in [3.05, 3.63) is 127 Å². The van der Waals surface area contributed by atoms with E-state index >= 15 is 0 Å². The Bertz CT molecular complexity index is 2370. The lowest BCUT2D eigenvalue weighted by Gasteiger charge is -2.13. The van der Waals surface area contributed by atoms with Crippen LogP contribution in [0, 0.1) is 0 Å². The third-order valence-corrected chi connectivity index (χ3v) is 9.37. The van der Waals surface area contributed by atoms with Gasteiger partial charge in [-0.25, -0.2) is 0 Å². The fraction of sp³-hybridized carbons (Fsp3) is 0. The third-order valence-electron chi connectivity index (χ3n) is 8.17. The van der Waals surface area contributed by atoms with Crippen LogP contribution < -0.4 is 0 Å². The van der Waals surface area contributed by atoms with Gasteiger partial charge in [0.05, 0.1) is 11.0 Å². The highest BCUT2D eigenvalue weighted by atomic mass is 32.1. The highest BCUT2D eigenvalue weighted by Gasteiger charge is 2.18. The monoisotopic (exact) mass is 499 g/mol. The van der Waals surface area contributed by atoms with Crippen molar-refractivity contribution in [2.75, 3.05) is 0 Å². The lowest BCUT2D eigenvalue weighted by molar-refractivity contribution is 1.19. The zero-order valence-electron chi connectivity index (χ0n) is 20.5. The molecule has 7 aromatic carbocycles. The van der Waals surface area contributed by atoms with Gasteiger partial charge in [-0.15, -0.1) is 11.3 Å². The molecule has 0 saturated heterocycles. The summed E-state index contributed by atoms with van der Waals surface area (Å²) in [6.07, 6.45) is 0. The first-order chi connectivity index (χ1) is 18.9. The standard InChI is InChI=1S/C36H21NS/c1-2-11-25-23(9-1)24-10-3-4-12-26(24)31-21-22(17-18-27(25)31)37-32-15-7-5-14-30(32)35-33(37)20-19-29-28-13-6-8-16-34(28)38-36(29)35/h1-21H. The van der Waals surface area contributed by atoms with Crippen molar-refractivity contribution in [1.82, 2.24) is 4.57 Å². The van der Waals surface area contributed by atoms with E-state index < -0.39 is 0 Å². The van der Waals surface area contributed by atoms with Crippen LogP contribution in [0.5, 0.6) is 0 Å². The molecule has 0 atom stereocenters. The molecule has 38 heavy (non-hydrogen) atoms. The Morgan fingerprint density at radius 3 is 1.68 bits per heavy atom. The minimum atomic E-state index is 1.20. The van der Waals surface area contributed by atoms with Crippen molar-refractivity contribution >= 4 is 85.6 Å². The molecule has 0 N–H and O–H groups in total. The van der Waals surface area contributed by atoms with Crippen molar-refractivity contribution in [3.8, 4) is 5.69 Å². The summed E-state index contributed by atoms with van der Waals surface area (Å²) in [7, 11) is 0. The quantitative estimate of drug-likeness (QED) is 0.198. The summed E-state index contributed by atoms with van der Waals surface area (Å²) < 4.78 is 5.17. The molecule has 0 aliphatic rings. The molecule has 0 bridgehead atoms. The number of aromatic nitrogens is 1. The first-order valence-electron chi connectivity index (χ1n) is 13.0. The van der Waals surface area contributed by atoms with Crippen molar-refractivity contribution < 1.29 is 0 Å². The van der Waals surface area contributed by atoms with Gasteiger partial charge in [0.15, 0.2) is 0 Å². The zero-order valence-corrected chi connectivity index (χ0v) is 21.3. The van der Waals surface area contributed by atoms with Gasteiger partial charge in [0.1, 0.15) is 0 Å². The summed E-state index contributed by atoms with van der Waals surface area (Å²) in [5.41, 5.74) is 3.70. The Balaban J connectivity index is 1.44. The molecule has 0 spiro atoms. The lowest BCUT2D eigenvalue weighted by atomic mass is 9.94. The number of benzene rings is 7. The number of nitrogens with zero attached hydrogens (tertiary/aromatic N) is 1. The molecule has 0 unspecified atom stereocenters. The maximum atomic E-state index is 2.46. The summed E-state index contributed by atoms with van der Waals surface area (Å²) in [6.45, 7) is 0. The fourth-order valence-electron chi connectivity index (χ4n) is 6.55. The molecule has 0 aliphatic heterocycles. The average Bonchev–Trinajstić information content (AvgIpc) is 3.53. The molecule has 2 heteroatoms. The van der Waals surface area contributed by atoms with Gasteiger partial charge in [0.2, 0.25) is 0 Å². The van der Waals surface area contributed by atoms with E-state index in [1.54, 1.807) is 0 Å². The van der Waals surface area contributed by atoms with Crippen LogP contribution >= 0.6 is 11.3 Å². The summed E-state index contributed by atoms with van der Waals surface area (Å²) in [5, 5.41) is 13.2. The van der Waals surface area contributed by atoms with E-state index in [-0.39, 0.29) is 0 Å². The minimum absolute atomic E-state index is 1.20. The minimum Gasteiger partial charge on any atom is -0.309 e. The third kappa shape index (κ3) is 2.60. The molecule has 2 heterocycles. The maximum Gasteiger partial charge on any atom is 0.0555 e. The molecular weight excluding hydrogens is 478 g/mol. The first kappa shape index (κ1) is 20.4. The second-order valence-corrected chi connectivity index (χ2v) is 11.2. The Labute approximate surface area is 222 Å². The summed E-state index contributed by atoms with van der Waals surface area (Å²) in [6, 6.07) is 46.9. The molecule has 0 saturated carbocycles. The zero-order chi connectivity index (χ0) is 24.8. The molecule has 1 nitrogen and oxygen atoms in total.